The Balaban J connectivity index is 1.90. The van der Waals surface area contributed by atoms with Crippen LogP contribution in [0.2, 0.25) is 0 Å². The second-order valence-corrected chi connectivity index (χ2v) is 6.61. The molecule has 1 aliphatic rings. The van der Waals surface area contributed by atoms with Gasteiger partial charge in [-0.2, -0.15) is 0 Å². The SMILES string of the molecule is CCCCN(CCCC)C(=O)C(=O)N1CCN(c2ccccc2)CC1. The van der Waals surface area contributed by atoms with E-state index in [0.29, 0.717) is 26.2 Å². The van der Waals surface area contributed by atoms with E-state index in [9.17, 15) is 9.59 Å². The van der Waals surface area contributed by atoms with Crippen molar-refractivity contribution in [2.24, 2.45) is 0 Å². The lowest BCUT2D eigenvalue weighted by atomic mass is 10.2. The molecule has 25 heavy (non-hydrogen) atoms. The Morgan fingerprint density at radius 1 is 0.920 bits per heavy atom. The predicted molar refractivity (Wildman–Crippen MR) is 102 cm³/mol. The molecule has 0 unspecified atom stereocenters. The predicted octanol–water partition coefficient (Wildman–Crippen LogP) is 2.76. The summed E-state index contributed by atoms with van der Waals surface area (Å²) in [5, 5.41) is 0. The minimum absolute atomic E-state index is 0.324. The summed E-state index contributed by atoms with van der Waals surface area (Å²) in [5.41, 5.74) is 1.17. The average molecular weight is 345 g/mol. The van der Waals surface area contributed by atoms with E-state index in [1.807, 2.05) is 18.2 Å². The van der Waals surface area contributed by atoms with E-state index in [2.05, 4.69) is 30.9 Å². The zero-order chi connectivity index (χ0) is 18.1. The first kappa shape index (κ1) is 19.3. The standard InChI is InChI=1S/C20H31N3O2/c1-3-5-12-22(13-6-4-2)19(24)20(25)23-16-14-21(15-17-23)18-10-8-7-9-11-18/h7-11H,3-6,12-17H2,1-2H3. The van der Waals surface area contributed by atoms with E-state index in [0.717, 1.165) is 38.8 Å². The highest BCUT2D eigenvalue weighted by Gasteiger charge is 2.29. The second-order valence-electron chi connectivity index (χ2n) is 6.61. The molecular formula is C20H31N3O2. The average Bonchev–Trinajstić information content (AvgIpc) is 2.68. The largest absolute Gasteiger partial charge is 0.368 e. The van der Waals surface area contributed by atoms with Gasteiger partial charge in [-0.3, -0.25) is 9.59 Å². The number of benzene rings is 1. The van der Waals surface area contributed by atoms with E-state index >= 15 is 0 Å². The van der Waals surface area contributed by atoms with Crippen molar-refractivity contribution in [2.45, 2.75) is 39.5 Å². The second kappa shape index (κ2) is 10.1. The molecule has 138 valence electrons. The summed E-state index contributed by atoms with van der Waals surface area (Å²) in [5.74, 6) is -0.657. The molecule has 1 aromatic carbocycles. The van der Waals surface area contributed by atoms with Crippen LogP contribution >= 0.6 is 0 Å². The van der Waals surface area contributed by atoms with Crippen molar-refractivity contribution < 1.29 is 9.59 Å². The molecule has 0 bridgehead atoms. The van der Waals surface area contributed by atoms with Crippen LogP contribution in [0.4, 0.5) is 5.69 Å². The molecule has 2 rings (SSSR count). The first-order valence-corrected chi connectivity index (χ1v) is 9.55. The van der Waals surface area contributed by atoms with Crippen molar-refractivity contribution in [1.82, 2.24) is 9.80 Å². The topological polar surface area (TPSA) is 43.9 Å². The van der Waals surface area contributed by atoms with Gasteiger partial charge in [-0.05, 0) is 25.0 Å². The number of carbonyl (C=O) groups excluding carboxylic acids is 2. The number of carbonyl (C=O) groups is 2. The van der Waals surface area contributed by atoms with Crippen LogP contribution in [-0.4, -0.2) is 60.9 Å². The molecule has 1 saturated heterocycles. The summed E-state index contributed by atoms with van der Waals surface area (Å²) in [6.45, 7) is 8.33. The third-order valence-electron chi connectivity index (χ3n) is 4.72. The highest BCUT2D eigenvalue weighted by Crippen LogP contribution is 2.16. The fraction of sp³-hybridized carbons (Fsp3) is 0.600. The monoisotopic (exact) mass is 345 g/mol. The van der Waals surface area contributed by atoms with Crippen LogP contribution in [0.3, 0.4) is 0 Å². The van der Waals surface area contributed by atoms with Crippen molar-refractivity contribution in [3.8, 4) is 0 Å². The number of anilines is 1. The maximum atomic E-state index is 12.6. The molecule has 1 heterocycles. The van der Waals surface area contributed by atoms with E-state index < -0.39 is 0 Å². The lowest BCUT2D eigenvalue weighted by molar-refractivity contribution is -0.152. The number of para-hydroxylation sites is 1. The van der Waals surface area contributed by atoms with Crippen LogP contribution in [0.5, 0.6) is 0 Å². The van der Waals surface area contributed by atoms with Crippen molar-refractivity contribution in [1.29, 1.82) is 0 Å². The smallest absolute Gasteiger partial charge is 0.312 e. The maximum Gasteiger partial charge on any atom is 0.312 e. The Morgan fingerprint density at radius 3 is 2.00 bits per heavy atom. The van der Waals surface area contributed by atoms with Gasteiger partial charge in [0.05, 0.1) is 0 Å². The van der Waals surface area contributed by atoms with Gasteiger partial charge in [-0.25, -0.2) is 0 Å². The summed E-state index contributed by atoms with van der Waals surface area (Å²) in [4.78, 5) is 31.0. The number of hydrogen-bond acceptors (Lipinski definition) is 3. The summed E-state index contributed by atoms with van der Waals surface area (Å²) in [6, 6.07) is 10.2. The Kier molecular flexibility index (Phi) is 7.76. The lowest BCUT2D eigenvalue weighted by Gasteiger charge is -2.36. The van der Waals surface area contributed by atoms with Crippen molar-refractivity contribution in [3.63, 3.8) is 0 Å². The van der Waals surface area contributed by atoms with E-state index in [1.165, 1.54) is 5.69 Å². The summed E-state index contributed by atoms with van der Waals surface area (Å²) >= 11 is 0. The third-order valence-corrected chi connectivity index (χ3v) is 4.72. The Hall–Kier alpha value is -2.04. The highest BCUT2D eigenvalue weighted by molar-refractivity contribution is 6.34. The van der Waals surface area contributed by atoms with Crippen molar-refractivity contribution in [3.05, 3.63) is 30.3 Å². The number of amides is 2. The zero-order valence-electron chi connectivity index (χ0n) is 15.6. The molecule has 0 radical (unpaired) electrons. The Morgan fingerprint density at radius 2 is 1.48 bits per heavy atom. The molecule has 0 spiro atoms. The molecule has 2 amide bonds. The number of nitrogens with zero attached hydrogens (tertiary/aromatic N) is 3. The van der Waals surface area contributed by atoms with Gasteiger partial charge in [-0.1, -0.05) is 44.9 Å². The quantitative estimate of drug-likeness (QED) is 0.714. The third kappa shape index (κ3) is 5.48. The minimum Gasteiger partial charge on any atom is -0.368 e. The maximum absolute atomic E-state index is 12.6. The minimum atomic E-state index is -0.333. The molecule has 1 fully saturated rings. The van der Waals surface area contributed by atoms with Gasteiger partial charge in [0.15, 0.2) is 0 Å². The van der Waals surface area contributed by atoms with Gasteiger partial charge in [0, 0.05) is 45.0 Å². The molecule has 5 nitrogen and oxygen atoms in total. The fourth-order valence-corrected chi connectivity index (χ4v) is 3.09. The molecular weight excluding hydrogens is 314 g/mol. The molecule has 0 N–H and O–H groups in total. The number of unbranched alkanes of at least 4 members (excludes halogenated alkanes) is 2. The summed E-state index contributed by atoms with van der Waals surface area (Å²) in [6.07, 6.45) is 3.95. The van der Waals surface area contributed by atoms with Crippen LogP contribution in [-0.2, 0) is 9.59 Å². The van der Waals surface area contributed by atoms with Gasteiger partial charge in [0.2, 0.25) is 0 Å². The van der Waals surface area contributed by atoms with Crippen LogP contribution in [0.1, 0.15) is 39.5 Å². The van der Waals surface area contributed by atoms with Gasteiger partial charge in [-0.15, -0.1) is 0 Å². The van der Waals surface area contributed by atoms with E-state index in [4.69, 9.17) is 0 Å². The van der Waals surface area contributed by atoms with Gasteiger partial charge in [0.25, 0.3) is 0 Å². The van der Waals surface area contributed by atoms with E-state index in [-0.39, 0.29) is 11.8 Å². The molecule has 0 aromatic heterocycles. The van der Waals surface area contributed by atoms with Gasteiger partial charge in [0.1, 0.15) is 0 Å². The van der Waals surface area contributed by atoms with Crippen molar-refractivity contribution >= 4 is 17.5 Å². The zero-order valence-corrected chi connectivity index (χ0v) is 15.6. The molecule has 0 saturated carbocycles. The first-order valence-electron chi connectivity index (χ1n) is 9.55. The summed E-state index contributed by atoms with van der Waals surface area (Å²) in [7, 11) is 0. The van der Waals surface area contributed by atoms with Crippen LogP contribution < -0.4 is 4.90 Å². The number of piperazine rings is 1. The number of hydrogen-bond donors (Lipinski definition) is 0. The number of rotatable bonds is 7. The van der Waals surface area contributed by atoms with Crippen LogP contribution in [0, 0.1) is 0 Å². The molecule has 1 aliphatic heterocycles. The Labute approximate surface area is 151 Å². The molecule has 1 aromatic rings. The highest BCUT2D eigenvalue weighted by atomic mass is 16.2. The van der Waals surface area contributed by atoms with E-state index in [1.54, 1.807) is 9.80 Å². The van der Waals surface area contributed by atoms with Crippen LogP contribution in [0.15, 0.2) is 30.3 Å². The molecule has 0 aliphatic carbocycles. The van der Waals surface area contributed by atoms with Crippen molar-refractivity contribution in [2.75, 3.05) is 44.2 Å². The normalized spacial score (nSPS) is 14.5. The Bertz CT molecular complexity index is 531. The van der Waals surface area contributed by atoms with Crippen LogP contribution in [0.25, 0.3) is 0 Å². The molecule has 0 atom stereocenters. The van der Waals surface area contributed by atoms with Gasteiger partial charge < -0.3 is 14.7 Å². The molecule has 5 heteroatoms. The van der Waals surface area contributed by atoms with Gasteiger partial charge >= 0.3 is 11.8 Å². The fourth-order valence-electron chi connectivity index (χ4n) is 3.09. The lowest BCUT2D eigenvalue weighted by Crippen LogP contribution is -2.53. The first-order chi connectivity index (χ1) is 12.2. The summed E-state index contributed by atoms with van der Waals surface area (Å²) < 4.78 is 0.